The van der Waals surface area contributed by atoms with E-state index in [0.29, 0.717) is 5.56 Å². The Morgan fingerprint density at radius 1 is 0.271 bits per heavy atom. The van der Waals surface area contributed by atoms with Crippen LogP contribution in [0.15, 0.2) is 245 Å². The summed E-state index contributed by atoms with van der Waals surface area (Å²) >= 11 is 0. The molecule has 8 heterocycles. The highest BCUT2D eigenvalue weighted by atomic mass is 15.1. The fraction of sp³-hybridized carbons (Fsp3) is 0.0139. The Kier molecular flexibility index (Phi) is 10.6. The molecule has 0 unspecified atom stereocenters. The van der Waals surface area contributed by atoms with Crippen molar-refractivity contribution in [2.24, 2.45) is 0 Å². The zero-order valence-electron chi connectivity index (χ0n) is 45.4. The highest BCUT2D eigenvalue weighted by molar-refractivity contribution is 6.17. The first-order chi connectivity index (χ1) is 42.1. The van der Waals surface area contributed by atoms with Crippen molar-refractivity contribution < 1.29 is 0 Å². The average molecular weight is 1090 g/mol. The second-order valence-electron chi connectivity index (χ2n) is 21.4. The van der Waals surface area contributed by atoms with Gasteiger partial charge in [-0.15, -0.1) is 0 Å². The van der Waals surface area contributed by atoms with E-state index in [2.05, 4.69) is 241 Å². The fourth-order valence-electron chi connectivity index (χ4n) is 13.3. The zero-order chi connectivity index (χ0) is 56.3. The van der Waals surface area contributed by atoms with Gasteiger partial charge >= 0.3 is 0 Å². The molecular weight excluding hydrogens is 1050 g/mol. The van der Waals surface area contributed by atoms with Crippen LogP contribution in [0, 0.1) is 18.3 Å². The van der Waals surface area contributed by atoms with Gasteiger partial charge in [-0.2, -0.15) is 5.26 Å². The van der Waals surface area contributed by atoms with Crippen molar-refractivity contribution in [3.63, 3.8) is 0 Å². The SMILES string of the molecule is Cc1c(-n2c3ccc(-c4cncnc4)cc3c3cc(-c4cncnc4)ccc32)c(-n2c3ccccc3c3ccccc32)c(C#N)c(-n2c3ccccc3c3ccccc32)c1-n1c2ccc(-c3cncnc3)cc2c2cc(-c3cncnc3)ccc21. The number of nitrogens with zero attached hydrogens (tertiary/aromatic N) is 13. The average Bonchev–Trinajstić information content (AvgIpc) is 2.45. The van der Waals surface area contributed by atoms with E-state index in [0.717, 1.165) is 160 Å². The van der Waals surface area contributed by atoms with Crippen LogP contribution in [0.4, 0.5) is 0 Å². The summed E-state index contributed by atoms with van der Waals surface area (Å²) in [4.78, 5) is 35.5. The molecule has 0 saturated heterocycles. The number of hydrogen-bond donors (Lipinski definition) is 0. The van der Waals surface area contributed by atoms with Crippen LogP contribution in [0.1, 0.15) is 11.1 Å². The second-order valence-corrected chi connectivity index (χ2v) is 21.4. The minimum atomic E-state index is 0.478. The van der Waals surface area contributed by atoms with Gasteiger partial charge in [-0.05, 0) is 102 Å². The lowest BCUT2D eigenvalue weighted by atomic mass is 9.98. The summed E-state index contributed by atoms with van der Waals surface area (Å²) in [5.74, 6) is 0. The molecule has 0 fully saturated rings. The van der Waals surface area contributed by atoms with Gasteiger partial charge in [-0.25, -0.2) is 39.9 Å². The van der Waals surface area contributed by atoms with E-state index >= 15 is 0 Å². The number of para-hydroxylation sites is 4. The van der Waals surface area contributed by atoms with E-state index in [1.54, 1.807) is 25.3 Å². The Morgan fingerprint density at radius 2 is 0.506 bits per heavy atom. The Labute approximate surface area is 484 Å². The molecule has 396 valence electrons. The fourth-order valence-corrected chi connectivity index (χ4v) is 13.3. The lowest BCUT2D eigenvalue weighted by Gasteiger charge is -2.28. The molecule has 85 heavy (non-hydrogen) atoms. The van der Waals surface area contributed by atoms with Gasteiger partial charge < -0.3 is 18.3 Å². The molecule has 13 nitrogen and oxygen atoms in total. The van der Waals surface area contributed by atoms with E-state index in [9.17, 15) is 5.26 Å². The highest BCUT2D eigenvalue weighted by Crippen LogP contribution is 2.50. The summed E-state index contributed by atoms with van der Waals surface area (Å²) < 4.78 is 9.46. The predicted molar refractivity (Wildman–Crippen MR) is 337 cm³/mol. The molecule has 0 amide bonds. The van der Waals surface area contributed by atoms with Gasteiger partial charge in [0.25, 0.3) is 0 Å². The molecular formula is C72H43N13. The Morgan fingerprint density at radius 3 is 0.765 bits per heavy atom. The maximum Gasteiger partial charge on any atom is 0.115 e. The number of aromatic nitrogens is 12. The van der Waals surface area contributed by atoms with Gasteiger partial charge in [0.2, 0.25) is 0 Å². The predicted octanol–water partition coefficient (Wildman–Crippen LogP) is 16.1. The molecule has 0 spiro atoms. The Bertz CT molecular complexity index is 4980. The smallest absolute Gasteiger partial charge is 0.115 e. The van der Waals surface area contributed by atoms with Gasteiger partial charge in [-0.1, -0.05) is 97.1 Å². The van der Waals surface area contributed by atoms with E-state index in [1.165, 1.54) is 0 Å². The van der Waals surface area contributed by atoms with Gasteiger partial charge in [-0.3, -0.25) is 0 Å². The maximum absolute atomic E-state index is 12.9. The third-order valence-corrected chi connectivity index (χ3v) is 16.9. The van der Waals surface area contributed by atoms with E-state index in [-0.39, 0.29) is 0 Å². The summed E-state index contributed by atoms with van der Waals surface area (Å²) in [5.41, 5.74) is 19.6. The summed E-state index contributed by atoms with van der Waals surface area (Å²) in [6.45, 7) is 2.24. The molecule has 0 saturated carbocycles. The lowest BCUT2D eigenvalue weighted by Crippen LogP contribution is -2.16. The molecule has 17 aromatic rings. The molecule has 0 N–H and O–H groups in total. The molecule has 17 rings (SSSR count). The molecule has 0 bridgehead atoms. The first-order valence-electron chi connectivity index (χ1n) is 27.9. The van der Waals surface area contributed by atoms with Crippen LogP contribution in [0.3, 0.4) is 0 Å². The minimum absolute atomic E-state index is 0.478. The van der Waals surface area contributed by atoms with Crippen LogP contribution in [0.25, 0.3) is 154 Å². The van der Waals surface area contributed by atoms with Crippen LogP contribution >= 0.6 is 0 Å². The normalized spacial score (nSPS) is 11.8. The number of hydrogen-bond acceptors (Lipinski definition) is 9. The largest absolute Gasteiger partial charge is 0.307 e. The molecule has 0 atom stereocenters. The highest BCUT2D eigenvalue weighted by Gasteiger charge is 2.33. The van der Waals surface area contributed by atoms with E-state index < -0.39 is 0 Å². The van der Waals surface area contributed by atoms with Crippen LogP contribution in [0.5, 0.6) is 0 Å². The van der Waals surface area contributed by atoms with Gasteiger partial charge in [0.1, 0.15) is 36.9 Å². The van der Waals surface area contributed by atoms with Crippen LogP contribution < -0.4 is 0 Å². The topological polar surface area (TPSA) is 147 Å². The number of nitriles is 1. The third kappa shape index (κ3) is 7.16. The van der Waals surface area contributed by atoms with Crippen molar-refractivity contribution in [2.45, 2.75) is 6.92 Å². The third-order valence-electron chi connectivity index (χ3n) is 16.9. The summed E-state index contributed by atoms with van der Waals surface area (Å²) in [5, 5.41) is 21.2. The number of fused-ring (bicyclic) bond motifs is 12. The molecule has 13 heteroatoms. The molecule has 0 aliphatic carbocycles. The maximum atomic E-state index is 12.9. The van der Waals surface area contributed by atoms with Crippen LogP contribution in [-0.2, 0) is 0 Å². The monoisotopic (exact) mass is 1090 g/mol. The van der Waals surface area contributed by atoms with E-state index in [1.807, 2.05) is 49.6 Å². The van der Waals surface area contributed by atoms with Crippen molar-refractivity contribution in [2.75, 3.05) is 0 Å². The van der Waals surface area contributed by atoms with Crippen molar-refractivity contribution in [3.8, 4) is 73.3 Å². The summed E-state index contributed by atoms with van der Waals surface area (Å²) in [6, 6.07) is 63.6. The van der Waals surface area contributed by atoms with Crippen molar-refractivity contribution in [1.82, 2.24) is 58.1 Å². The number of rotatable bonds is 8. The molecule has 0 aliphatic heterocycles. The molecule has 0 radical (unpaired) electrons. The van der Waals surface area contributed by atoms with Crippen molar-refractivity contribution in [1.29, 1.82) is 5.26 Å². The first-order valence-corrected chi connectivity index (χ1v) is 27.9. The summed E-state index contributed by atoms with van der Waals surface area (Å²) in [7, 11) is 0. The quantitative estimate of drug-likeness (QED) is 0.145. The Hall–Kier alpha value is -12.0. The standard InChI is InChI=1S/C72H43N13/c1-43-69(82-65-22-18-44(48-31-74-39-75-32-48)26-56(65)57-27-45(19-23-66(57)82)49-33-76-40-77-34-49)71(84-61-14-6-2-10-52(61)53-11-3-7-15-62(53)84)60(30-73)72(85-63-16-8-4-12-54(63)55-13-5-9-17-64(55)85)70(43)83-67-24-20-46(50-35-78-41-79-36-50)28-58(67)59-29-47(21-25-68(59)83)51-37-80-42-81-38-51/h2-29,31-42H,1H3. The molecule has 9 aromatic carbocycles. The molecule has 8 aromatic heterocycles. The second kappa shape index (κ2) is 18.8. The number of benzene rings is 9. The van der Waals surface area contributed by atoms with Gasteiger partial charge in [0, 0.05) is 120 Å². The van der Waals surface area contributed by atoms with Gasteiger partial charge in [0.15, 0.2) is 0 Å². The first kappa shape index (κ1) is 47.8. The van der Waals surface area contributed by atoms with E-state index in [4.69, 9.17) is 0 Å². The van der Waals surface area contributed by atoms with Crippen LogP contribution in [0.2, 0.25) is 0 Å². The minimum Gasteiger partial charge on any atom is -0.307 e. The van der Waals surface area contributed by atoms with Crippen molar-refractivity contribution in [3.05, 3.63) is 256 Å². The lowest BCUT2D eigenvalue weighted by molar-refractivity contribution is 1.01. The Balaban J connectivity index is 1.11. The summed E-state index contributed by atoms with van der Waals surface area (Å²) in [6.07, 6.45) is 21.0. The van der Waals surface area contributed by atoms with Gasteiger partial charge in [0.05, 0.1) is 66.9 Å². The zero-order valence-corrected chi connectivity index (χ0v) is 45.4. The van der Waals surface area contributed by atoms with Crippen LogP contribution in [-0.4, -0.2) is 58.1 Å². The van der Waals surface area contributed by atoms with Crippen molar-refractivity contribution >= 4 is 87.2 Å². The molecule has 0 aliphatic rings.